The third kappa shape index (κ3) is 3.31. The second kappa shape index (κ2) is 4.58. The second-order valence-corrected chi connectivity index (χ2v) is 3.22. The summed E-state index contributed by atoms with van der Waals surface area (Å²) in [6.45, 7) is 0. The summed E-state index contributed by atoms with van der Waals surface area (Å²) in [4.78, 5) is 24.3. The topological polar surface area (TPSA) is 79.3 Å². The molecule has 0 saturated heterocycles. The molecule has 9 heteroatoms. The number of anilines is 1. The quantitative estimate of drug-likeness (QED) is 0.859. The number of aromatic nitrogens is 1. The molecule has 17 heavy (non-hydrogen) atoms. The van der Waals surface area contributed by atoms with E-state index in [1.54, 1.807) is 0 Å². The van der Waals surface area contributed by atoms with E-state index in [2.05, 4.69) is 4.98 Å². The maximum absolute atomic E-state index is 11.9. The molecule has 1 aromatic rings. The molecule has 1 rings (SSSR count). The van der Waals surface area contributed by atoms with Crippen molar-refractivity contribution in [2.24, 2.45) is 0 Å². The zero-order chi connectivity index (χ0) is 13.2. The van der Waals surface area contributed by atoms with Crippen LogP contribution in [0.4, 0.5) is 19.0 Å². The smallest absolute Gasteiger partial charge is 0.471 e. The zero-order valence-electron chi connectivity index (χ0n) is 7.88. The molecule has 0 aliphatic carbocycles. The van der Waals surface area contributed by atoms with Gasteiger partial charge in [0.05, 0.1) is 10.6 Å². The van der Waals surface area contributed by atoms with Crippen molar-refractivity contribution in [1.29, 1.82) is 0 Å². The summed E-state index contributed by atoms with van der Waals surface area (Å²) >= 11 is 5.46. The Morgan fingerprint density at radius 3 is 2.41 bits per heavy atom. The van der Waals surface area contributed by atoms with Crippen LogP contribution in [-0.4, -0.2) is 28.1 Å². The van der Waals surface area contributed by atoms with Gasteiger partial charge in [-0.05, 0) is 6.07 Å². The fraction of sp³-hybridized carbons (Fsp3) is 0.125. The molecule has 0 aliphatic rings. The number of rotatable bonds is 2. The normalized spacial score (nSPS) is 11.1. The van der Waals surface area contributed by atoms with E-state index in [0.29, 0.717) is 0 Å². The van der Waals surface area contributed by atoms with Crippen LogP contribution in [0.3, 0.4) is 0 Å². The number of amides is 1. The van der Waals surface area contributed by atoms with Crippen molar-refractivity contribution in [2.75, 3.05) is 5.32 Å². The molecule has 0 bridgehead atoms. The van der Waals surface area contributed by atoms with Gasteiger partial charge in [-0.2, -0.15) is 13.2 Å². The number of aromatic carboxylic acids is 1. The first-order valence-electron chi connectivity index (χ1n) is 3.99. The Hall–Kier alpha value is -1.83. The fourth-order valence-electron chi connectivity index (χ4n) is 0.825. The van der Waals surface area contributed by atoms with E-state index in [1.807, 2.05) is 0 Å². The van der Waals surface area contributed by atoms with Gasteiger partial charge >= 0.3 is 18.1 Å². The fourth-order valence-corrected chi connectivity index (χ4v) is 1.04. The molecule has 0 atom stereocenters. The van der Waals surface area contributed by atoms with Crippen molar-refractivity contribution < 1.29 is 27.9 Å². The lowest BCUT2D eigenvalue weighted by molar-refractivity contribution is -0.167. The van der Waals surface area contributed by atoms with Gasteiger partial charge in [-0.1, -0.05) is 11.6 Å². The number of hydrogen-bond donors (Lipinski definition) is 2. The highest BCUT2D eigenvalue weighted by Gasteiger charge is 2.39. The van der Waals surface area contributed by atoms with Gasteiger partial charge in [0.25, 0.3) is 0 Å². The number of nitrogens with one attached hydrogen (secondary N) is 1. The van der Waals surface area contributed by atoms with Crippen LogP contribution in [0.25, 0.3) is 0 Å². The summed E-state index contributed by atoms with van der Waals surface area (Å²) < 4.78 is 35.7. The van der Waals surface area contributed by atoms with Crippen molar-refractivity contribution in [1.82, 2.24) is 4.98 Å². The van der Waals surface area contributed by atoms with E-state index in [4.69, 9.17) is 16.7 Å². The summed E-state index contributed by atoms with van der Waals surface area (Å²) in [6.07, 6.45) is -4.29. The molecule has 1 amide bonds. The van der Waals surface area contributed by atoms with Crippen LogP contribution in [-0.2, 0) is 4.79 Å². The number of carbonyl (C=O) groups excluding carboxylic acids is 1. The highest BCUT2D eigenvalue weighted by molar-refractivity contribution is 6.33. The summed E-state index contributed by atoms with van der Waals surface area (Å²) in [7, 11) is 0. The highest BCUT2D eigenvalue weighted by atomic mass is 35.5. The Balaban J connectivity index is 2.95. The van der Waals surface area contributed by atoms with Gasteiger partial charge in [0.1, 0.15) is 0 Å². The highest BCUT2D eigenvalue weighted by Crippen LogP contribution is 2.23. The number of nitrogens with zero attached hydrogens (tertiary/aromatic N) is 1. The molecular weight excluding hydrogens is 265 g/mol. The number of halogens is 4. The summed E-state index contributed by atoms with van der Waals surface area (Å²) in [6, 6.07) is 0.878. The molecule has 0 aliphatic heterocycles. The molecule has 0 saturated carbocycles. The Morgan fingerprint density at radius 1 is 1.41 bits per heavy atom. The van der Waals surface area contributed by atoms with E-state index >= 15 is 0 Å². The Labute approximate surface area is 97.2 Å². The molecule has 2 N–H and O–H groups in total. The van der Waals surface area contributed by atoms with Gasteiger partial charge < -0.3 is 10.4 Å². The first kappa shape index (κ1) is 13.2. The molecule has 0 fully saturated rings. The first-order chi connectivity index (χ1) is 7.71. The maximum Gasteiger partial charge on any atom is 0.471 e. The Morgan fingerprint density at radius 2 is 2.00 bits per heavy atom. The number of carboxylic acid groups (broad SMARTS) is 1. The van der Waals surface area contributed by atoms with E-state index in [0.717, 1.165) is 12.3 Å². The minimum absolute atomic E-state index is 0.306. The number of pyridine rings is 1. The van der Waals surface area contributed by atoms with Gasteiger partial charge in [-0.15, -0.1) is 0 Å². The minimum atomic E-state index is -5.07. The number of carbonyl (C=O) groups is 2. The summed E-state index contributed by atoms with van der Waals surface area (Å²) in [5, 5.41) is 9.56. The zero-order valence-corrected chi connectivity index (χ0v) is 8.63. The molecule has 0 spiro atoms. The standard InChI is InChI=1S/C8H4ClF3N2O3/c9-4-1-3(6(15)16)2-13-5(4)14-7(17)8(10,11)12/h1-2H,(H,15,16)(H,13,14,17). The lowest BCUT2D eigenvalue weighted by atomic mass is 10.3. The van der Waals surface area contributed by atoms with E-state index < -0.39 is 28.9 Å². The molecule has 5 nitrogen and oxygen atoms in total. The Bertz CT molecular complexity index is 476. The van der Waals surface area contributed by atoms with Gasteiger partial charge in [0.2, 0.25) is 0 Å². The van der Waals surface area contributed by atoms with E-state index in [9.17, 15) is 22.8 Å². The van der Waals surface area contributed by atoms with Crippen molar-refractivity contribution >= 4 is 29.3 Å². The van der Waals surface area contributed by atoms with Crippen LogP contribution >= 0.6 is 11.6 Å². The van der Waals surface area contributed by atoms with Crippen LogP contribution in [0.1, 0.15) is 10.4 Å². The van der Waals surface area contributed by atoms with Crippen molar-refractivity contribution in [3.63, 3.8) is 0 Å². The SMILES string of the molecule is O=C(O)c1cnc(NC(=O)C(F)(F)F)c(Cl)c1. The maximum atomic E-state index is 11.9. The van der Waals surface area contributed by atoms with Gasteiger partial charge in [0, 0.05) is 6.20 Å². The van der Waals surface area contributed by atoms with Crippen molar-refractivity contribution in [3.8, 4) is 0 Å². The second-order valence-electron chi connectivity index (χ2n) is 2.81. The molecule has 0 radical (unpaired) electrons. The Kier molecular flexibility index (Phi) is 3.56. The van der Waals surface area contributed by atoms with Crippen LogP contribution in [0.5, 0.6) is 0 Å². The lowest BCUT2D eigenvalue weighted by Crippen LogP contribution is -2.30. The molecule has 92 valence electrons. The largest absolute Gasteiger partial charge is 0.478 e. The summed E-state index contributed by atoms with van der Waals surface area (Å²) in [5.74, 6) is -4.14. The minimum Gasteiger partial charge on any atom is -0.478 e. The van der Waals surface area contributed by atoms with Crippen molar-refractivity contribution in [2.45, 2.75) is 6.18 Å². The van der Waals surface area contributed by atoms with Gasteiger partial charge in [-0.25, -0.2) is 9.78 Å². The average molecular weight is 269 g/mol. The van der Waals surface area contributed by atoms with Gasteiger partial charge in [0.15, 0.2) is 5.82 Å². The third-order valence-electron chi connectivity index (χ3n) is 1.58. The van der Waals surface area contributed by atoms with Crippen LogP contribution in [0.15, 0.2) is 12.3 Å². The van der Waals surface area contributed by atoms with Crippen LogP contribution < -0.4 is 5.32 Å². The molecule has 1 heterocycles. The van der Waals surface area contributed by atoms with E-state index in [1.165, 1.54) is 5.32 Å². The van der Waals surface area contributed by atoms with Crippen LogP contribution in [0.2, 0.25) is 5.02 Å². The molecular formula is C8H4ClF3N2O3. The van der Waals surface area contributed by atoms with Crippen LogP contribution in [0, 0.1) is 0 Å². The molecule has 0 aromatic carbocycles. The number of hydrogen-bond acceptors (Lipinski definition) is 3. The number of alkyl halides is 3. The molecule has 1 aromatic heterocycles. The van der Waals surface area contributed by atoms with E-state index in [-0.39, 0.29) is 5.56 Å². The predicted molar refractivity (Wildman–Crippen MR) is 50.9 cm³/mol. The third-order valence-corrected chi connectivity index (χ3v) is 1.87. The first-order valence-corrected chi connectivity index (χ1v) is 4.36. The van der Waals surface area contributed by atoms with Gasteiger partial charge in [-0.3, -0.25) is 4.79 Å². The monoisotopic (exact) mass is 268 g/mol. The average Bonchev–Trinajstić information content (AvgIpc) is 2.19. The summed E-state index contributed by atoms with van der Waals surface area (Å²) in [5.41, 5.74) is -0.306. The van der Waals surface area contributed by atoms with Crippen molar-refractivity contribution in [3.05, 3.63) is 22.8 Å². The predicted octanol–water partition coefficient (Wildman–Crippen LogP) is 1.93. The molecule has 0 unspecified atom stereocenters. The number of carboxylic acids is 1. The lowest BCUT2D eigenvalue weighted by Gasteiger charge is -2.08.